The zero-order chi connectivity index (χ0) is 24.9. The summed E-state index contributed by atoms with van der Waals surface area (Å²) in [5, 5.41) is 0. The Morgan fingerprint density at radius 1 is 1.00 bits per heavy atom. The van der Waals surface area contributed by atoms with Gasteiger partial charge in [-0.15, -0.1) is 6.58 Å². The number of hydrogen-bond donors (Lipinski definition) is 0. The van der Waals surface area contributed by atoms with Crippen molar-refractivity contribution in [3.8, 4) is 22.5 Å². The van der Waals surface area contributed by atoms with Gasteiger partial charge in [0, 0.05) is 35.7 Å². The van der Waals surface area contributed by atoms with Gasteiger partial charge in [-0.2, -0.15) is 0 Å². The van der Waals surface area contributed by atoms with E-state index in [1.54, 1.807) is 12.1 Å². The molecular formula is C31H37FN2O. The lowest BCUT2D eigenvalue weighted by molar-refractivity contribution is 0.0566. The molecule has 0 aliphatic heterocycles. The van der Waals surface area contributed by atoms with E-state index < -0.39 is 0 Å². The van der Waals surface area contributed by atoms with Crippen LogP contribution in [-0.4, -0.2) is 22.7 Å². The van der Waals surface area contributed by atoms with E-state index in [2.05, 4.69) is 42.5 Å². The van der Waals surface area contributed by atoms with Crippen LogP contribution in [0.5, 0.6) is 0 Å². The van der Waals surface area contributed by atoms with Crippen molar-refractivity contribution in [3.63, 3.8) is 0 Å². The summed E-state index contributed by atoms with van der Waals surface area (Å²) in [7, 11) is 0. The van der Waals surface area contributed by atoms with Crippen LogP contribution in [0.2, 0.25) is 0 Å². The number of hydrogen-bond acceptors (Lipinski definition) is 3. The monoisotopic (exact) mass is 472 g/mol. The number of unbranched alkanes of at least 4 members (excludes halogenated alkanes) is 3. The second-order valence-corrected chi connectivity index (χ2v) is 8.95. The molecule has 0 amide bonds. The fraction of sp³-hybridized carbons (Fsp3) is 0.355. The Morgan fingerprint density at radius 3 is 2.43 bits per heavy atom. The quantitative estimate of drug-likeness (QED) is 0.174. The normalized spacial score (nSPS) is 12.2. The van der Waals surface area contributed by atoms with Crippen LogP contribution in [0.4, 0.5) is 4.39 Å². The van der Waals surface area contributed by atoms with Crippen LogP contribution in [0.15, 0.2) is 73.6 Å². The van der Waals surface area contributed by atoms with E-state index in [1.165, 1.54) is 12.8 Å². The van der Waals surface area contributed by atoms with E-state index in [0.717, 1.165) is 54.5 Å². The minimum Gasteiger partial charge on any atom is -0.379 e. The van der Waals surface area contributed by atoms with Gasteiger partial charge in [-0.3, -0.25) is 0 Å². The maximum Gasteiger partial charge on any atom is 0.159 e. The lowest BCUT2D eigenvalue weighted by Crippen LogP contribution is -2.08. The van der Waals surface area contributed by atoms with Crippen LogP contribution >= 0.6 is 0 Å². The summed E-state index contributed by atoms with van der Waals surface area (Å²) in [4.78, 5) is 9.02. The van der Waals surface area contributed by atoms with Crippen LogP contribution < -0.4 is 0 Å². The van der Waals surface area contributed by atoms with Gasteiger partial charge in [-0.25, -0.2) is 14.4 Å². The van der Waals surface area contributed by atoms with Gasteiger partial charge >= 0.3 is 0 Å². The highest BCUT2D eigenvalue weighted by molar-refractivity contribution is 5.68. The molecule has 35 heavy (non-hydrogen) atoms. The van der Waals surface area contributed by atoms with E-state index in [1.807, 2.05) is 48.8 Å². The molecule has 0 spiro atoms. The second kappa shape index (κ2) is 14.3. The zero-order valence-electron chi connectivity index (χ0n) is 21.1. The first kappa shape index (κ1) is 26.5. The second-order valence-electron chi connectivity index (χ2n) is 8.95. The minimum atomic E-state index is -0.224. The number of benzene rings is 2. The average Bonchev–Trinajstić information content (AvgIpc) is 2.87. The highest BCUT2D eigenvalue weighted by atomic mass is 19.1. The number of rotatable bonds is 14. The smallest absolute Gasteiger partial charge is 0.159 e. The Hall–Kier alpha value is -3.11. The SMILES string of the molecule is C=CCc1ccc(-c2ccc(-c3ncc(/C=C/CCCC(C)OCCCCC)cn3)cc2)c(F)c1. The standard InChI is InChI=1S/C31H37FN2O/c1-4-6-10-20-35-24(3)12-8-7-9-13-26-22-33-31(34-23-26)28-17-15-27(16-18-28)29-19-14-25(11-5-2)21-30(29)32/h5,9,13-19,21-24H,2,4,6-8,10-12,20H2,1,3H3/b13-9+. The fourth-order valence-electron chi connectivity index (χ4n) is 3.92. The predicted octanol–water partition coefficient (Wildman–Crippen LogP) is 8.46. The molecule has 1 atom stereocenters. The predicted molar refractivity (Wildman–Crippen MR) is 145 cm³/mol. The first-order valence-electron chi connectivity index (χ1n) is 12.7. The number of ether oxygens (including phenoxy) is 1. The van der Waals surface area contributed by atoms with Crippen molar-refractivity contribution in [1.82, 2.24) is 9.97 Å². The van der Waals surface area contributed by atoms with Crippen LogP contribution in [0.3, 0.4) is 0 Å². The molecule has 0 fully saturated rings. The number of allylic oxidation sites excluding steroid dienone is 2. The van der Waals surface area contributed by atoms with Gasteiger partial charge in [-0.05, 0) is 56.2 Å². The summed E-state index contributed by atoms with van der Waals surface area (Å²) in [6, 6.07) is 13.0. The van der Waals surface area contributed by atoms with Gasteiger partial charge in [-0.1, -0.05) is 74.4 Å². The summed E-state index contributed by atoms with van der Waals surface area (Å²) in [5.74, 6) is 0.433. The van der Waals surface area contributed by atoms with Crippen molar-refractivity contribution in [2.45, 2.75) is 64.9 Å². The molecule has 0 bridgehead atoms. The molecule has 3 nitrogen and oxygen atoms in total. The molecule has 184 valence electrons. The molecule has 0 saturated carbocycles. The third-order valence-electron chi connectivity index (χ3n) is 5.98. The largest absolute Gasteiger partial charge is 0.379 e. The van der Waals surface area contributed by atoms with E-state index in [9.17, 15) is 4.39 Å². The molecule has 1 aromatic heterocycles. The maximum absolute atomic E-state index is 14.5. The highest BCUT2D eigenvalue weighted by Crippen LogP contribution is 2.26. The Morgan fingerprint density at radius 2 is 1.74 bits per heavy atom. The molecule has 0 N–H and O–H groups in total. The van der Waals surface area contributed by atoms with Crippen molar-refractivity contribution in [3.05, 3.63) is 90.5 Å². The molecule has 1 heterocycles. The molecular weight excluding hydrogens is 435 g/mol. The lowest BCUT2D eigenvalue weighted by Gasteiger charge is -2.11. The van der Waals surface area contributed by atoms with Crippen LogP contribution in [0.25, 0.3) is 28.6 Å². The third-order valence-corrected chi connectivity index (χ3v) is 5.98. The lowest BCUT2D eigenvalue weighted by atomic mass is 10.0. The van der Waals surface area contributed by atoms with Crippen molar-refractivity contribution in [2.75, 3.05) is 6.61 Å². The fourth-order valence-corrected chi connectivity index (χ4v) is 3.92. The van der Waals surface area contributed by atoms with Crippen LogP contribution in [0, 0.1) is 5.82 Å². The molecule has 1 unspecified atom stereocenters. The average molecular weight is 473 g/mol. The topological polar surface area (TPSA) is 35.0 Å². The molecule has 0 saturated heterocycles. The van der Waals surface area contributed by atoms with Gasteiger partial charge in [0.05, 0.1) is 6.10 Å². The van der Waals surface area contributed by atoms with E-state index >= 15 is 0 Å². The van der Waals surface area contributed by atoms with Crippen LogP contribution in [0.1, 0.15) is 63.5 Å². The van der Waals surface area contributed by atoms with Gasteiger partial charge < -0.3 is 4.74 Å². The summed E-state index contributed by atoms with van der Waals surface area (Å²) >= 11 is 0. The van der Waals surface area contributed by atoms with E-state index in [4.69, 9.17) is 4.74 Å². The Kier molecular flexibility index (Phi) is 10.8. The van der Waals surface area contributed by atoms with Crippen molar-refractivity contribution >= 4 is 6.08 Å². The first-order valence-corrected chi connectivity index (χ1v) is 12.7. The zero-order valence-corrected chi connectivity index (χ0v) is 21.1. The minimum absolute atomic E-state index is 0.224. The number of halogens is 1. The molecule has 3 aromatic rings. The number of aromatic nitrogens is 2. The molecule has 3 rings (SSSR count). The Labute approximate surface area is 209 Å². The van der Waals surface area contributed by atoms with Crippen LogP contribution in [-0.2, 0) is 11.2 Å². The summed E-state index contributed by atoms with van der Waals surface area (Å²) in [6.45, 7) is 8.95. The molecule has 0 aliphatic rings. The van der Waals surface area contributed by atoms with Crippen molar-refractivity contribution in [1.29, 1.82) is 0 Å². The van der Waals surface area contributed by atoms with Gasteiger partial charge in [0.2, 0.25) is 0 Å². The van der Waals surface area contributed by atoms with Gasteiger partial charge in [0.25, 0.3) is 0 Å². The third kappa shape index (κ3) is 8.56. The molecule has 0 aliphatic carbocycles. The highest BCUT2D eigenvalue weighted by Gasteiger charge is 2.08. The van der Waals surface area contributed by atoms with Crippen molar-refractivity contribution in [2.24, 2.45) is 0 Å². The Bertz CT molecular complexity index is 1070. The van der Waals surface area contributed by atoms with Gasteiger partial charge in [0.1, 0.15) is 5.82 Å². The summed E-state index contributed by atoms with van der Waals surface area (Å²) in [6.07, 6.45) is 17.5. The molecule has 2 aromatic carbocycles. The van der Waals surface area contributed by atoms with Gasteiger partial charge in [0.15, 0.2) is 5.82 Å². The van der Waals surface area contributed by atoms with E-state index in [-0.39, 0.29) is 5.82 Å². The van der Waals surface area contributed by atoms with Crippen molar-refractivity contribution < 1.29 is 9.13 Å². The first-order chi connectivity index (χ1) is 17.1. The number of nitrogens with zero attached hydrogens (tertiary/aromatic N) is 2. The summed E-state index contributed by atoms with van der Waals surface area (Å²) < 4.78 is 20.4. The molecule has 0 radical (unpaired) electrons. The maximum atomic E-state index is 14.5. The molecule has 4 heteroatoms. The van der Waals surface area contributed by atoms with E-state index in [0.29, 0.717) is 23.9 Å². The Balaban J connectivity index is 1.49. The summed E-state index contributed by atoms with van der Waals surface area (Å²) in [5.41, 5.74) is 4.22.